The molecule has 0 fully saturated rings. The zero-order valence-electron chi connectivity index (χ0n) is 12.8. The molecule has 0 aliphatic heterocycles. The molecule has 0 saturated carbocycles. The number of hydrogen-bond acceptors (Lipinski definition) is 7. The molecule has 0 bridgehead atoms. The second-order valence-electron chi connectivity index (χ2n) is 4.13. The van der Waals surface area contributed by atoms with E-state index in [0.29, 0.717) is 25.3 Å². The van der Waals surface area contributed by atoms with Crippen molar-refractivity contribution < 1.29 is 18.3 Å². The van der Waals surface area contributed by atoms with Crippen LogP contribution in [0.5, 0.6) is 11.8 Å². The third kappa shape index (κ3) is 4.14. The lowest BCUT2D eigenvalue weighted by Crippen LogP contribution is -2.06. The van der Waals surface area contributed by atoms with Gasteiger partial charge >= 0.3 is 6.72 Å². The number of hydrogen-bond donors (Lipinski definition) is 0. The van der Waals surface area contributed by atoms with Gasteiger partial charge in [0, 0.05) is 11.8 Å². The number of benzene rings is 1. The van der Waals surface area contributed by atoms with Crippen molar-refractivity contribution in [3.63, 3.8) is 0 Å². The maximum absolute atomic E-state index is 5.76. The summed E-state index contributed by atoms with van der Waals surface area (Å²) in [6.07, 6.45) is 0. The van der Waals surface area contributed by atoms with E-state index in [4.69, 9.17) is 30.1 Å². The molecular formula is C14H19N2O4PS. The highest BCUT2D eigenvalue weighted by molar-refractivity contribution is 8.07. The normalized spacial score (nSPS) is 11.6. The van der Waals surface area contributed by atoms with Crippen molar-refractivity contribution in [1.29, 1.82) is 0 Å². The maximum Gasteiger partial charge on any atom is 0.381 e. The van der Waals surface area contributed by atoms with Crippen molar-refractivity contribution in [3.05, 3.63) is 24.3 Å². The Morgan fingerprint density at radius 3 is 1.95 bits per heavy atom. The van der Waals surface area contributed by atoms with Gasteiger partial charge in [0.25, 0.3) is 11.8 Å². The van der Waals surface area contributed by atoms with Gasteiger partial charge in [-0.1, -0.05) is 12.1 Å². The first-order chi connectivity index (χ1) is 10.6. The van der Waals surface area contributed by atoms with Gasteiger partial charge in [0.1, 0.15) is 0 Å². The van der Waals surface area contributed by atoms with Crippen LogP contribution in [0.3, 0.4) is 0 Å². The summed E-state index contributed by atoms with van der Waals surface area (Å²) in [6.45, 7) is 3.83. The molecule has 1 heterocycles. The Labute approximate surface area is 135 Å². The number of para-hydroxylation sites is 2. The van der Waals surface area contributed by atoms with Crippen molar-refractivity contribution in [2.75, 3.05) is 19.8 Å². The highest BCUT2D eigenvalue weighted by Crippen LogP contribution is 2.50. The van der Waals surface area contributed by atoms with Crippen LogP contribution in [0.1, 0.15) is 20.8 Å². The molecule has 0 N–H and O–H groups in total. The molecule has 2 rings (SSSR count). The molecule has 0 aliphatic carbocycles. The second kappa shape index (κ2) is 7.83. The van der Waals surface area contributed by atoms with Crippen LogP contribution in [0.25, 0.3) is 11.0 Å². The van der Waals surface area contributed by atoms with Crippen LogP contribution < -0.4 is 9.26 Å². The molecule has 2 aromatic rings. The molecule has 0 atom stereocenters. The zero-order chi connectivity index (χ0) is 16.0. The van der Waals surface area contributed by atoms with Gasteiger partial charge in [-0.15, -0.1) is 0 Å². The third-order valence-electron chi connectivity index (χ3n) is 2.56. The van der Waals surface area contributed by atoms with Crippen LogP contribution in [0.15, 0.2) is 24.3 Å². The van der Waals surface area contributed by atoms with E-state index in [-0.39, 0.29) is 11.8 Å². The Kier molecular flexibility index (Phi) is 6.08. The molecule has 0 unspecified atom stereocenters. The van der Waals surface area contributed by atoms with Crippen molar-refractivity contribution in [1.82, 2.24) is 9.97 Å². The monoisotopic (exact) mass is 342 g/mol. The van der Waals surface area contributed by atoms with Gasteiger partial charge in [0.2, 0.25) is 0 Å². The van der Waals surface area contributed by atoms with E-state index in [1.54, 1.807) is 0 Å². The molecule has 0 aliphatic rings. The lowest BCUT2D eigenvalue weighted by Gasteiger charge is -2.21. The van der Waals surface area contributed by atoms with Crippen LogP contribution >= 0.6 is 6.72 Å². The average molecular weight is 342 g/mol. The summed E-state index contributed by atoms with van der Waals surface area (Å²) in [5.74, 6) is 0.487. The molecule has 120 valence electrons. The van der Waals surface area contributed by atoms with E-state index in [0.717, 1.165) is 5.52 Å². The van der Waals surface area contributed by atoms with Crippen molar-refractivity contribution in [3.8, 4) is 11.8 Å². The van der Waals surface area contributed by atoms with Crippen molar-refractivity contribution >= 4 is 29.6 Å². The molecule has 8 heteroatoms. The highest BCUT2D eigenvalue weighted by atomic mass is 32.5. The lowest BCUT2D eigenvalue weighted by atomic mass is 10.3. The Morgan fingerprint density at radius 1 is 0.909 bits per heavy atom. The third-order valence-corrected chi connectivity index (χ3v) is 4.96. The topological polar surface area (TPSA) is 62.7 Å². The Hall–Kier alpha value is -1.27. The summed E-state index contributed by atoms with van der Waals surface area (Å²) in [5, 5.41) is 0. The molecule has 1 aromatic carbocycles. The molecule has 6 nitrogen and oxygen atoms in total. The molecule has 1 aromatic heterocycles. The van der Waals surface area contributed by atoms with E-state index in [1.807, 2.05) is 45.0 Å². The quantitative estimate of drug-likeness (QED) is 0.678. The van der Waals surface area contributed by atoms with Gasteiger partial charge in [0.15, 0.2) is 0 Å². The number of aromatic nitrogens is 2. The summed E-state index contributed by atoms with van der Waals surface area (Å²) in [7, 11) is 0. The molecule has 22 heavy (non-hydrogen) atoms. The zero-order valence-corrected chi connectivity index (χ0v) is 14.5. The number of fused-ring (bicyclic) bond motifs is 1. The van der Waals surface area contributed by atoms with Crippen LogP contribution in [-0.4, -0.2) is 29.8 Å². The largest absolute Gasteiger partial charge is 0.474 e. The number of nitrogens with zero attached hydrogens (tertiary/aromatic N) is 2. The van der Waals surface area contributed by atoms with Crippen LogP contribution in [0.2, 0.25) is 0 Å². The average Bonchev–Trinajstić information content (AvgIpc) is 2.48. The molecular weight excluding hydrogens is 323 g/mol. The highest BCUT2D eigenvalue weighted by Gasteiger charge is 2.25. The minimum atomic E-state index is -2.92. The Balaban J connectivity index is 2.42. The minimum Gasteiger partial charge on any atom is -0.474 e. The molecule has 0 radical (unpaired) electrons. The fourth-order valence-corrected chi connectivity index (χ4v) is 3.76. The van der Waals surface area contributed by atoms with E-state index >= 15 is 0 Å². The standard InChI is InChI=1S/C14H19N2O4PS/c1-4-17-13-14(20-21(22,18-5-2)19-6-3)16-12-10-8-7-9-11(12)15-13/h7-10H,4-6H2,1-3H3. The van der Waals surface area contributed by atoms with E-state index < -0.39 is 6.72 Å². The first-order valence-electron chi connectivity index (χ1n) is 7.10. The minimum absolute atomic E-state index is 0.200. The van der Waals surface area contributed by atoms with Gasteiger partial charge in [-0.25, -0.2) is 9.97 Å². The first-order valence-corrected chi connectivity index (χ1v) is 9.65. The van der Waals surface area contributed by atoms with Gasteiger partial charge < -0.3 is 9.26 Å². The summed E-state index contributed by atoms with van der Waals surface area (Å²) in [4.78, 5) is 8.85. The van der Waals surface area contributed by atoms with E-state index in [1.165, 1.54) is 0 Å². The van der Waals surface area contributed by atoms with E-state index in [2.05, 4.69) is 9.97 Å². The smallest absolute Gasteiger partial charge is 0.381 e. The van der Waals surface area contributed by atoms with Crippen LogP contribution in [-0.2, 0) is 20.9 Å². The van der Waals surface area contributed by atoms with Crippen LogP contribution in [0.4, 0.5) is 0 Å². The van der Waals surface area contributed by atoms with Crippen molar-refractivity contribution in [2.24, 2.45) is 0 Å². The Morgan fingerprint density at radius 2 is 1.45 bits per heavy atom. The maximum atomic E-state index is 5.76. The predicted octanol–water partition coefficient (Wildman–Crippen LogP) is 3.70. The fraction of sp³-hybridized carbons (Fsp3) is 0.429. The van der Waals surface area contributed by atoms with Gasteiger partial charge in [-0.3, -0.25) is 9.05 Å². The summed E-state index contributed by atoms with van der Waals surface area (Å²) >= 11 is 5.37. The van der Waals surface area contributed by atoms with Crippen molar-refractivity contribution in [2.45, 2.75) is 20.8 Å². The molecule has 0 spiro atoms. The lowest BCUT2D eigenvalue weighted by molar-refractivity contribution is 0.211. The molecule has 0 saturated heterocycles. The first kappa shape index (κ1) is 17.1. The number of ether oxygens (including phenoxy) is 1. The summed E-state index contributed by atoms with van der Waals surface area (Å²) < 4.78 is 22.2. The number of rotatable bonds is 8. The van der Waals surface area contributed by atoms with Gasteiger partial charge in [-0.2, -0.15) is 0 Å². The van der Waals surface area contributed by atoms with Gasteiger partial charge in [-0.05, 0) is 32.9 Å². The summed E-state index contributed by atoms with van der Waals surface area (Å²) in [6, 6.07) is 7.46. The summed E-state index contributed by atoms with van der Waals surface area (Å²) in [5.41, 5.74) is 1.41. The Bertz CT molecular complexity index is 673. The second-order valence-corrected chi connectivity index (χ2v) is 7.06. The SMILES string of the molecule is CCOc1nc2ccccc2nc1OP(=S)(OCC)OCC. The fourth-order valence-electron chi connectivity index (χ4n) is 1.77. The van der Waals surface area contributed by atoms with Gasteiger partial charge in [0.05, 0.1) is 30.9 Å². The van der Waals surface area contributed by atoms with Crippen LogP contribution in [0, 0.1) is 0 Å². The predicted molar refractivity (Wildman–Crippen MR) is 88.9 cm³/mol. The molecule has 0 amide bonds. The van der Waals surface area contributed by atoms with E-state index in [9.17, 15) is 0 Å².